The number of nitrogens with zero attached hydrogens (tertiary/aromatic N) is 1. The predicted molar refractivity (Wildman–Crippen MR) is 98.8 cm³/mol. The number of methoxy groups -OCH3 is 1. The van der Waals surface area contributed by atoms with Gasteiger partial charge in [-0.05, 0) is 76.8 Å². The number of rotatable bonds is 4. The van der Waals surface area contributed by atoms with E-state index in [0.29, 0.717) is 11.4 Å². The Labute approximate surface area is 149 Å². The molecule has 0 unspecified atom stereocenters. The normalized spacial score (nSPS) is 10.9. The molecule has 2 aromatic carbocycles. The molecule has 1 amide bonds. The van der Waals surface area contributed by atoms with Gasteiger partial charge in [-0.25, -0.2) is 0 Å². The Morgan fingerprint density at radius 3 is 2.54 bits per heavy atom. The van der Waals surface area contributed by atoms with Crippen molar-refractivity contribution in [2.24, 2.45) is 0 Å². The molecule has 0 atom stereocenters. The highest BCUT2D eigenvalue weighted by molar-refractivity contribution is 9.10. The largest absolute Gasteiger partial charge is 0.496 e. The standard InChI is InChI=1S/C19H17BrN2O2/c1-12-4-6-16(8-13(12)2)22-19(23)15(11-21)9-14-5-7-18(24-3)17(20)10-14/h4-10H,1-3H3,(H,22,23). The van der Waals surface area contributed by atoms with Crippen LogP contribution < -0.4 is 10.1 Å². The van der Waals surface area contributed by atoms with E-state index in [-0.39, 0.29) is 5.57 Å². The molecule has 24 heavy (non-hydrogen) atoms. The molecular formula is C19H17BrN2O2. The zero-order chi connectivity index (χ0) is 17.7. The van der Waals surface area contributed by atoms with E-state index in [1.54, 1.807) is 31.4 Å². The summed E-state index contributed by atoms with van der Waals surface area (Å²) in [5.74, 6) is 0.248. The molecule has 1 N–H and O–H groups in total. The average Bonchev–Trinajstić information content (AvgIpc) is 2.56. The van der Waals surface area contributed by atoms with E-state index in [1.807, 2.05) is 38.1 Å². The zero-order valence-electron chi connectivity index (χ0n) is 13.7. The molecule has 0 bridgehead atoms. The van der Waals surface area contributed by atoms with Crippen molar-refractivity contribution in [3.05, 3.63) is 63.1 Å². The summed E-state index contributed by atoms with van der Waals surface area (Å²) in [6.45, 7) is 3.98. The van der Waals surface area contributed by atoms with Crippen LogP contribution in [0.15, 0.2) is 46.4 Å². The van der Waals surface area contributed by atoms with Crippen molar-refractivity contribution in [1.82, 2.24) is 0 Å². The summed E-state index contributed by atoms with van der Waals surface area (Å²) < 4.78 is 5.92. The number of anilines is 1. The molecule has 0 saturated heterocycles. The first-order valence-corrected chi connectivity index (χ1v) is 8.08. The number of hydrogen-bond donors (Lipinski definition) is 1. The molecule has 2 aromatic rings. The number of nitriles is 1. The Hall–Kier alpha value is -2.58. The van der Waals surface area contributed by atoms with Crippen LogP contribution in [0, 0.1) is 25.2 Å². The van der Waals surface area contributed by atoms with E-state index in [0.717, 1.165) is 21.2 Å². The van der Waals surface area contributed by atoms with Crippen LogP contribution in [0.1, 0.15) is 16.7 Å². The molecule has 0 fully saturated rings. The number of halogens is 1. The Balaban J connectivity index is 2.23. The monoisotopic (exact) mass is 384 g/mol. The summed E-state index contributed by atoms with van der Waals surface area (Å²) >= 11 is 3.39. The fraction of sp³-hybridized carbons (Fsp3) is 0.158. The van der Waals surface area contributed by atoms with Gasteiger partial charge in [-0.3, -0.25) is 4.79 Å². The predicted octanol–water partition coefficient (Wildman–Crippen LogP) is 4.62. The highest BCUT2D eigenvalue weighted by atomic mass is 79.9. The lowest BCUT2D eigenvalue weighted by molar-refractivity contribution is -0.112. The van der Waals surface area contributed by atoms with Gasteiger partial charge in [0.25, 0.3) is 5.91 Å². The minimum Gasteiger partial charge on any atom is -0.496 e. The highest BCUT2D eigenvalue weighted by Crippen LogP contribution is 2.26. The first-order chi connectivity index (χ1) is 11.4. The molecule has 0 aromatic heterocycles. The summed E-state index contributed by atoms with van der Waals surface area (Å²) in [7, 11) is 1.58. The van der Waals surface area contributed by atoms with Gasteiger partial charge in [0.2, 0.25) is 0 Å². The highest BCUT2D eigenvalue weighted by Gasteiger charge is 2.10. The maximum absolute atomic E-state index is 12.3. The van der Waals surface area contributed by atoms with E-state index >= 15 is 0 Å². The summed E-state index contributed by atoms with van der Waals surface area (Å²) in [6, 6.07) is 12.9. The minimum atomic E-state index is -0.437. The topological polar surface area (TPSA) is 62.1 Å². The number of carbonyl (C=O) groups is 1. The Kier molecular flexibility index (Phi) is 5.78. The van der Waals surface area contributed by atoms with Gasteiger partial charge in [0.15, 0.2) is 0 Å². The third kappa shape index (κ3) is 4.24. The SMILES string of the molecule is COc1ccc(C=C(C#N)C(=O)Nc2ccc(C)c(C)c2)cc1Br. The molecule has 0 heterocycles. The summed E-state index contributed by atoms with van der Waals surface area (Å²) in [5, 5.41) is 12.0. The number of nitrogens with one attached hydrogen (secondary N) is 1. The van der Waals surface area contributed by atoms with Crippen LogP contribution in [0.5, 0.6) is 5.75 Å². The summed E-state index contributed by atoms with van der Waals surface area (Å²) in [6.07, 6.45) is 1.54. The van der Waals surface area contributed by atoms with Gasteiger partial charge in [-0.2, -0.15) is 5.26 Å². The van der Waals surface area contributed by atoms with Crippen LogP contribution in [0.4, 0.5) is 5.69 Å². The van der Waals surface area contributed by atoms with Crippen molar-refractivity contribution >= 4 is 33.6 Å². The Bertz CT molecular complexity index is 851. The van der Waals surface area contributed by atoms with Crippen LogP contribution in [-0.4, -0.2) is 13.0 Å². The first-order valence-electron chi connectivity index (χ1n) is 7.28. The molecule has 0 radical (unpaired) electrons. The number of ether oxygens (including phenoxy) is 1. The Morgan fingerprint density at radius 1 is 1.21 bits per heavy atom. The van der Waals surface area contributed by atoms with Crippen molar-refractivity contribution in [1.29, 1.82) is 5.26 Å². The van der Waals surface area contributed by atoms with E-state index in [4.69, 9.17) is 4.74 Å². The molecule has 0 aliphatic rings. The van der Waals surface area contributed by atoms with Crippen LogP contribution in [-0.2, 0) is 4.79 Å². The molecule has 0 aliphatic carbocycles. The molecular weight excluding hydrogens is 368 g/mol. The van der Waals surface area contributed by atoms with E-state index in [1.165, 1.54) is 0 Å². The lowest BCUT2D eigenvalue weighted by Crippen LogP contribution is -2.13. The van der Waals surface area contributed by atoms with Gasteiger partial charge in [0.05, 0.1) is 11.6 Å². The van der Waals surface area contributed by atoms with Gasteiger partial charge in [-0.1, -0.05) is 12.1 Å². The second-order valence-electron chi connectivity index (χ2n) is 5.32. The molecule has 0 aliphatic heterocycles. The average molecular weight is 385 g/mol. The van der Waals surface area contributed by atoms with Crippen LogP contribution in [0.2, 0.25) is 0 Å². The second-order valence-corrected chi connectivity index (χ2v) is 6.17. The minimum absolute atomic E-state index is 0.0327. The summed E-state index contributed by atoms with van der Waals surface area (Å²) in [4.78, 5) is 12.3. The second kappa shape index (κ2) is 7.80. The van der Waals surface area contributed by atoms with Crippen molar-refractivity contribution in [3.63, 3.8) is 0 Å². The van der Waals surface area contributed by atoms with E-state index in [2.05, 4.69) is 21.2 Å². The van der Waals surface area contributed by atoms with Crippen LogP contribution in [0.3, 0.4) is 0 Å². The smallest absolute Gasteiger partial charge is 0.266 e. The van der Waals surface area contributed by atoms with Crippen LogP contribution in [0.25, 0.3) is 6.08 Å². The van der Waals surface area contributed by atoms with E-state index in [9.17, 15) is 10.1 Å². The van der Waals surface area contributed by atoms with Gasteiger partial charge in [-0.15, -0.1) is 0 Å². The number of benzene rings is 2. The maximum Gasteiger partial charge on any atom is 0.266 e. The van der Waals surface area contributed by atoms with E-state index < -0.39 is 5.91 Å². The van der Waals surface area contributed by atoms with Gasteiger partial charge in [0.1, 0.15) is 17.4 Å². The molecule has 4 nitrogen and oxygen atoms in total. The third-order valence-electron chi connectivity index (χ3n) is 3.62. The lowest BCUT2D eigenvalue weighted by Gasteiger charge is -2.07. The maximum atomic E-state index is 12.3. The number of aryl methyl sites for hydroxylation is 2. The summed E-state index contributed by atoms with van der Waals surface area (Å²) in [5.41, 5.74) is 3.65. The van der Waals surface area contributed by atoms with Gasteiger partial charge >= 0.3 is 0 Å². The first kappa shape index (κ1) is 17.8. The number of amides is 1. The number of hydrogen-bond acceptors (Lipinski definition) is 3. The lowest BCUT2D eigenvalue weighted by atomic mass is 10.1. The van der Waals surface area contributed by atoms with Gasteiger partial charge < -0.3 is 10.1 Å². The van der Waals surface area contributed by atoms with Crippen molar-refractivity contribution in [2.75, 3.05) is 12.4 Å². The quantitative estimate of drug-likeness (QED) is 0.617. The number of carbonyl (C=O) groups excluding carboxylic acids is 1. The fourth-order valence-electron chi connectivity index (χ4n) is 2.11. The van der Waals surface area contributed by atoms with Crippen molar-refractivity contribution in [3.8, 4) is 11.8 Å². The molecule has 122 valence electrons. The van der Waals surface area contributed by atoms with Crippen molar-refractivity contribution < 1.29 is 9.53 Å². The molecule has 5 heteroatoms. The Morgan fingerprint density at radius 2 is 1.96 bits per heavy atom. The fourth-order valence-corrected chi connectivity index (χ4v) is 2.66. The zero-order valence-corrected chi connectivity index (χ0v) is 15.3. The van der Waals surface area contributed by atoms with Crippen LogP contribution >= 0.6 is 15.9 Å². The molecule has 2 rings (SSSR count). The van der Waals surface area contributed by atoms with Crippen molar-refractivity contribution in [2.45, 2.75) is 13.8 Å². The third-order valence-corrected chi connectivity index (χ3v) is 4.24. The molecule has 0 spiro atoms. The molecule has 0 saturated carbocycles. The van der Waals surface area contributed by atoms with Gasteiger partial charge in [0, 0.05) is 5.69 Å².